The maximum absolute atomic E-state index is 13.2. The van der Waals surface area contributed by atoms with Gasteiger partial charge in [0.25, 0.3) is 0 Å². The van der Waals surface area contributed by atoms with E-state index >= 15 is 0 Å². The van der Waals surface area contributed by atoms with Crippen molar-refractivity contribution < 1.29 is 13.9 Å². The van der Waals surface area contributed by atoms with Crippen LogP contribution in [0.5, 0.6) is 5.75 Å². The first-order chi connectivity index (χ1) is 11.2. The molecule has 0 saturated heterocycles. The zero-order chi connectivity index (χ0) is 16.2. The van der Waals surface area contributed by atoms with Crippen LogP contribution in [0.4, 0.5) is 4.39 Å². The summed E-state index contributed by atoms with van der Waals surface area (Å²) >= 11 is 0. The largest absolute Gasteiger partial charge is 0.496 e. The maximum atomic E-state index is 13.2. The van der Waals surface area contributed by atoms with Crippen LogP contribution in [0.3, 0.4) is 0 Å². The van der Waals surface area contributed by atoms with Gasteiger partial charge in [-0.25, -0.2) is 4.39 Å². The van der Waals surface area contributed by atoms with Crippen molar-refractivity contribution in [1.29, 1.82) is 0 Å². The number of hydrogen-bond donors (Lipinski definition) is 0. The molecule has 23 heavy (non-hydrogen) atoms. The smallest absolute Gasteiger partial charge is 0.153 e. The summed E-state index contributed by atoms with van der Waals surface area (Å²) in [5, 5.41) is 0. The quantitative estimate of drug-likeness (QED) is 0.719. The van der Waals surface area contributed by atoms with Crippen LogP contribution in [0.2, 0.25) is 0 Å². The lowest BCUT2D eigenvalue weighted by Crippen LogP contribution is -1.99. The predicted octanol–water partition coefficient (Wildman–Crippen LogP) is 5.27. The lowest BCUT2D eigenvalue weighted by atomic mass is 9.87. The number of hydrogen-bond acceptors (Lipinski definition) is 2. The minimum atomic E-state index is -0.261. The van der Waals surface area contributed by atoms with Gasteiger partial charge in [-0.15, -0.1) is 0 Å². The normalized spacial score (nSPS) is 14.3. The Bertz CT molecular complexity index is 745. The number of carbonyl (C=O) groups is 1. The molecule has 2 aromatic rings. The second-order valence-electron chi connectivity index (χ2n) is 5.74. The van der Waals surface area contributed by atoms with E-state index in [0.29, 0.717) is 11.3 Å². The molecule has 0 bridgehead atoms. The van der Waals surface area contributed by atoms with Crippen LogP contribution >= 0.6 is 0 Å². The summed E-state index contributed by atoms with van der Waals surface area (Å²) in [5.74, 6) is 0.281. The minimum Gasteiger partial charge on any atom is -0.496 e. The maximum Gasteiger partial charge on any atom is 0.153 e. The van der Waals surface area contributed by atoms with Gasteiger partial charge in [0.2, 0.25) is 0 Å². The van der Waals surface area contributed by atoms with E-state index in [1.54, 1.807) is 19.2 Å². The van der Waals surface area contributed by atoms with Gasteiger partial charge in [-0.3, -0.25) is 4.79 Å². The lowest BCUT2D eigenvalue weighted by molar-refractivity contribution is 0.112. The van der Waals surface area contributed by atoms with Gasteiger partial charge in [-0.1, -0.05) is 18.2 Å². The molecule has 0 unspecified atom stereocenters. The number of benzene rings is 2. The molecule has 0 aliphatic heterocycles. The molecule has 1 aliphatic carbocycles. The molecule has 0 N–H and O–H groups in total. The van der Waals surface area contributed by atoms with Crippen molar-refractivity contribution >= 4 is 11.9 Å². The minimum absolute atomic E-state index is 0.261. The highest BCUT2D eigenvalue weighted by atomic mass is 19.1. The first-order valence-electron chi connectivity index (χ1n) is 7.85. The zero-order valence-electron chi connectivity index (χ0n) is 13.1. The van der Waals surface area contributed by atoms with Gasteiger partial charge < -0.3 is 4.74 Å². The Morgan fingerprint density at radius 1 is 1.09 bits per heavy atom. The molecule has 3 rings (SSSR count). The van der Waals surface area contributed by atoms with Crippen LogP contribution in [0, 0.1) is 5.82 Å². The standard InChI is InChI=1S/C20H19FO2/c1-23-20-12-19(15-7-9-17(21)10-8-15)18(11-16(20)13-22)14-5-3-2-4-6-14/h5,7-13H,2-4,6H2,1H3. The third-order valence-corrected chi connectivity index (χ3v) is 4.29. The van der Waals surface area contributed by atoms with E-state index in [0.717, 1.165) is 42.2 Å². The summed E-state index contributed by atoms with van der Waals surface area (Å²) in [6.45, 7) is 0. The molecule has 1 aliphatic rings. The van der Waals surface area contributed by atoms with Crippen LogP contribution in [0.25, 0.3) is 16.7 Å². The summed E-state index contributed by atoms with van der Waals surface area (Å²) < 4.78 is 18.6. The Morgan fingerprint density at radius 3 is 2.48 bits per heavy atom. The summed E-state index contributed by atoms with van der Waals surface area (Å²) in [6, 6.07) is 10.2. The Balaban J connectivity index is 2.20. The predicted molar refractivity (Wildman–Crippen MR) is 90.2 cm³/mol. The van der Waals surface area contributed by atoms with Crippen molar-refractivity contribution in [3.63, 3.8) is 0 Å². The molecule has 0 radical (unpaired) electrons. The van der Waals surface area contributed by atoms with Crippen molar-refractivity contribution in [3.05, 3.63) is 59.4 Å². The molecule has 0 fully saturated rings. The number of ether oxygens (including phenoxy) is 1. The van der Waals surface area contributed by atoms with E-state index in [1.807, 2.05) is 12.1 Å². The average molecular weight is 310 g/mol. The fraction of sp³-hybridized carbons (Fsp3) is 0.250. The lowest BCUT2D eigenvalue weighted by Gasteiger charge is -2.19. The first kappa shape index (κ1) is 15.5. The number of aldehydes is 1. The fourth-order valence-electron chi connectivity index (χ4n) is 3.08. The van der Waals surface area contributed by atoms with Gasteiger partial charge in [0.05, 0.1) is 12.7 Å². The first-order valence-corrected chi connectivity index (χ1v) is 7.85. The van der Waals surface area contributed by atoms with Gasteiger partial charge >= 0.3 is 0 Å². The van der Waals surface area contributed by atoms with Crippen molar-refractivity contribution in [2.45, 2.75) is 25.7 Å². The molecule has 0 saturated carbocycles. The highest BCUT2D eigenvalue weighted by Gasteiger charge is 2.16. The van der Waals surface area contributed by atoms with E-state index in [1.165, 1.54) is 24.1 Å². The van der Waals surface area contributed by atoms with Gasteiger partial charge in [0.1, 0.15) is 11.6 Å². The molecule has 2 nitrogen and oxygen atoms in total. The molecule has 3 heteroatoms. The third kappa shape index (κ3) is 3.19. The molecule has 0 spiro atoms. The highest BCUT2D eigenvalue weighted by Crippen LogP contribution is 2.38. The molecule has 2 aromatic carbocycles. The molecule has 0 heterocycles. The Kier molecular flexibility index (Phi) is 4.56. The Labute approximate surface area is 135 Å². The molecular weight excluding hydrogens is 291 g/mol. The number of methoxy groups -OCH3 is 1. The van der Waals surface area contributed by atoms with E-state index in [9.17, 15) is 9.18 Å². The summed E-state index contributed by atoms with van der Waals surface area (Å²) in [6.07, 6.45) is 7.47. The van der Waals surface area contributed by atoms with Gasteiger partial charge in [-0.05, 0) is 72.2 Å². The van der Waals surface area contributed by atoms with E-state index < -0.39 is 0 Å². The molecule has 0 aromatic heterocycles. The van der Waals surface area contributed by atoms with Crippen molar-refractivity contribution in [1.82, 2.24) is 0 Å². The Morgan fingerprint density at radius 2 is 1.87 bits per heavy atom. The number of rotatable bonds is 4. The fourth-order valence-corrected chi connectivity index (χ4v) is 3.08. The van der Waals surface area contributed by atoms with Crippen LogP contribution in [0.1, 0.15) is 41.6 Å². The SMILES string of the molecule is COc1cc(-c2ccc(F)cc2)c(C2=CCCCC2)cc1C=O. The van der Waals surface area contributed by atoms with Gasteiger partial charge in [0, 0.05) is 0 Å². The van der Waals surface area contributed by atoms with Crippen molar-refractivity contribution in [2.24, 2.45) is 0 Å². The van der Waals surface area contributed by atoms with Crippen LogP contribution < -0.4 is 4.74 Å². The summed E-state index contributed by atoms with van der Waals surface area (Å²) in [5.41, 5.74) is 4.73. The van der Waals surface area contributed by atoms with Gasteiger partial charge in [0.15, 0.2) is 6.29 Å². The van der Waals surface area contributed by atoms with Crippen LogP contribution in [-0.4, -0.2) is 13.4 Å². The van der Waals surface area contributed by atoms with E-state index in [4.69, 9.17) is 4.74 Å². The number of allylic oxidation sites excluding steroid dienone is 2. The third-order valence-electron chi connectivity index (χ3n) is 4.29. The monoisotopic (exact) mass is 310 g/mol. The second kappa shape index (κ2) is 6.78. The topological polar surface area (TPSA) is 26.3 Å². The number of carbonyl (C=O) groups excluding carboxylic acids is 1. The molecule has 0 amide bonds. The van der Waals surface area contributed by atoms with E-state index in [-0.39, 0.29) is 5.82 Å². The highest BCUT2D eigenvalue weighted by molar-refractivity contribution is 5.89. The second-order valence-corrected chi connectivity index (χ2v) is 5.74. The average Bonchev–Trinajstić information content (AvgIpc) is 2.62. The molecule has 118 valence electrons. The zero-order valence-corrected chi connectivity index (χ0v) is 13.1. The van der Waals surface area contributed by atoms with E-state index in [2.05, 4.69) is 6.08 Å². The number of halogens is 1. The van der Waals surface area contributed by atoms with Crippen LogP contribution in [0.15, 0.2) is 42.5 Å². The summed E-state index contributed by atoms with van der Waals surface area (Å²) in [7, 11) is 1.55. The summed E-state index contributed by atoms with van der Waals surface area (Å²) in [4.78, 5) is 11.4. The van der Waals surface area contributed by atoms with Crippen molar-refractivity contribution in [2.75, 3.05) is 7.11 Å². The van der Waals surface area contributed by atoms with Crippen LogP contribution in [-0.2, 0) is 0 Å². The van der Waals surface area contributed by atoms with Crippen molar-refractivity contribution in [3.8, 4) is 16.9 Å². The molecule has 0 atom stereocenters. The molecular formula is C20H19FO2. The Hall–Kier alpha value is -2.42. The van der Waals surface area contributed by atoms with Gasteiger partial charge in [-0.2, -0.15) is 0 Å².